The first-order valence-electron chi connectivity index (χ1n) is 6.95. The Bertz CT molecular complexity index is 517. The van der Waals surface area contributed by atoms with E-state index in [2.05, 4.69) is 15.2 Å². The van der Waals surface area contributed by atoms with Crippen molar-refractivity contribution in [3.05, 3.63) is 23.5 Å². The molecule has 1 unspecified atom stereocenters. The lowest BCUT2D eigenvalue weighted by molar-refractivity contribution is -0.122. The highest BCUT2D eigenvalue weighted by atomic mass is 16.3. The number of carbonyl (C=O) groups is 2. The standard InChI is InChI=1S/C13H18N4O2.CH2O2/c14-6-10-5-12(15-7-10)13(19)16-8-11(18)9-17-3-1-2-4-17;2-1-3/h5,7,11,15,18H,1-4,8-9H2,(H,16,19);1H,(H,2,3). The van der Waals surface area contributed by atoms with Crippen molar-refractivity contribution in [3.8, 4) is 6.07 Å². The van der Waals surface area contributed by atoms with Crippen molar-refractivity contribution >= 4 is 12.4 Å². The van der Waals surface area contributed by atoms with E-state index >= 15 is 0 Å². The van der Waals surface area contributed by atoms with Crippen molar-refractivity contribution in [1.82, 2.24) is 15.2 Å². The molecule has 1 aromatic heterocycles. The smallest absolute Gasteiger partial charge is 0.290 e. The molecule has 2 heterocycles. The average molecular weight is 308 g/mol. The molecule has 8 heteroatoms. The fraction of sp³-hybridized carbons (Fsp3) is 0.500. The zero-order valence-corrected chi connectivity index (χ0v) is 12.2. The van der Waals surface area contributed by atoms with Crippen molar-refractivity contribution in [3.63, 3.8) is 0 Å². The first-order chi connectivity index (χ1) is 10.6. The number of nitrogens with one attached hydrogen (secondary N) is 2. The van der Waals surface area contributed by atoms with E-state index in [1.807, 2.05) is 6.07 Å². The van der Waals surface area contributed by atoms with Gasteiger partial charge >= 0.3 is 0 Å². The van der Waals surface area contributed by atoms with Gasteiger partial charge in [0, 0.05) is 19.3 Å². The van der Waals surface area contributed by atoms with Gasteiger partial charge in [-0.3, -0.25) is 9.59 Å². The molecule has 2 rings (SSSR count). The van der Waals surface area contributed by atoms with Crippen molar-refractivity contribution in [2.75, 3.05) is 26.2 Å². The second-order valence-electron chi connectivity index (χ2n) is 4.89. The summed E-state index contributed by atoms with van der Waals surface area (Å²) in [6.45, 7) is 2.60. The normalized spacial score (nSPS) is 15.3. The summed E-state index contributed by atoms with van der Waals surface area (Å²) in [4.78, 5) is 25.0. The molecule has 1 saturated heterocycles. The highest BCUT2D eigenvalue weighted by Crippen LogP contribution is 2.07. The molecule has 1 amide bonds. The third-order valence-corrected chi connectivity index (χ3v) is 3.22. The number of likely N-dealkylation sites (tertiary alicyclic amines) is 1. The summed E-state index contributed by atoms with van der Waals surface area (Å²) in [6, 6.07) is 3.44. The molecule has 0 bridgehead atoms. The summed E-state index contributed by atoms with van der Waals surface area (Å²) in [6.07, 6.45) is 3.28. The van der Waals surface area contributed by atoms with Crippen LogP contribution in [0.2, 0.25) is 0 Å². The number of rotatable bonds is 5. The largest absolute Gasteiger partial charge is 0.483 e. The zero-order valence-electron chi connectivity index (χ0n) is 12.2. The molecule has 0 saturated carbocycles. The number of hydrogen-bond donors (Lipinski definition) is 4. The summed E-state index contributed by atoms with van der Waals surface area (Å²) < 4.78 is 0. The molecular weight excluding hydrogens is 288 g/mol. The Morgan fingerprint density at radius 3 is 2.73 bits per heavy atom. The lowest BCUT2D eigenvalue weighted by Gasteiger charge is -2.19. The quantitative estimate of drug-likeness (QED) is 0.556. The number of carbonyl (C=O) groups excluding carboxylic acids is 1. The number of amides is 1. The van der Waals surface area contributed by atoms with E-state index in [0.717, 1.165) is 13.1 Å². The Hall–Kier alpha value is -2.37. The van der Waals surface area contributed by atoms with Gasteiger partial charge < -0.3 is 25.4 Å². The molecule has 1 atom stereocenters. The minimum atomic E-state index is -0.563. The van der Waals surface area contributed by atoms with Crippen molar-refractivity contribution < 1.29 is 19.8 Å². The van der Waals surface area contributed by atoms with Gasteiger partial charge in [-0.2, -0.15) is 5.26 Å². The molecule has 4 N–H and O–H groups in total. The van der Waals surface area contributed by atoms with Crippen molar-refractivity contribution in [2.24, 2.45) is 0 Å². The van der Waals surface area contributed by atoms with Crippen LogP contribution in [0.4, 0.5) is 0 Å². The minimum absolute atomic E-state index is 0.218. The Balaban J connectivity index is 0.000000745. The molecule has 0 aromatic carbocycles. The van der Waals surface area contributed by atoms with Crippen LogP contribution in [0, 0.1) is 11.3 Å². The van der Waals surface area contributed by atoms with Gasteiger partial charge in [-0.25, -0.2) is 0 Å². The number of nitrogens with zero attached hydrogens (tertiary/aromatic N) is 2. The summed E-state index contributed by atoms with van der Waals surface area (Å²) in [5.74, 6) is -0.304. The average Bonchev–Trinajstić information content (AvgIpc) is 3.16. The van der Waals surface area contributed by atoms with Crippen molar-refractivity contribution in [1.29, 1.82) is 5.26 Å². The van der Waals surface area contributed by atoms with E-state index in [0.29, 0.717) is 17.8 Å². The van der Waals surface area contributed by atoms with Crippen LogP contribution >= 0.6 is 0 Å². The van der Waals surface area contributed by atoms with Crippen LogP contribution in [-0.4, -0.2) is 64.8 Å². The molecule has 0 aliphatic carbocycles. The molecule has 1 aliphatic rings. The van der Waals surface area contributed by atoms with E-state index < -0.39 is 6.10 Å². The maximum Gasteiger partial charge on any atom is 0.290 e. The zero-order chi connectivity index (χ0) is 16.4. The predicted molar refractivity (Wildman–Crippen MR) is 78.2 cm³/mol. The van der Waals surface area contributed by atoms with Crippen LogP contribution in [0.15, 0.2) is 12.3 Å². The number of aromatic amines is 1. The topological polar surface area (TPSA) is 129 Å². The molecular formula is C14H20N4O4. The minimum Gasteiger partial charge on any atom is -0.483 e. The first-order valence-corrected chi connectivity index (χ1v) is 6.95. The van der Waals surface area contributed by atoms with E-state index in [-0.39, 0.29) is 18.9 Å². The highest BCUT2D eigenvalue weighted by molar-refractivity contribution is 5.92. The van der Waals surface area contributed by atoms with Crippen molar-refractivity contribution in [2.45, 2.75) is 18.9 Å². The Morgan fingerprint density at radius 2 is 2.18 bits per heavy atom. The van der Waals surface area contributed by atoms with Gasteiger partial charge in [-0.05, 0) is 32.0 Å². The van der Waals surface area contributed by atoms with Crippen LogP contribution in [0.1, 0.15) is 28.9 Å². The van der Waals surface area contributed by atoms with E-state index in [1.54, 1.807) is 0 Å². The first kappa shape index (κ1) is 17.7. The molecule has 0 spiro atoms. The summed E-state index contributed by atoms with van der Waals surface area (Å²) in [5, 5.41) is 28.0. The van der Waals surface area contributed by atoms with Gasteiger partial charge in [0.1, 0.15) is 11.8 Å². The van der Waals surface area contributed by atoms with Gasteiger partial charge in [0.05, 0.1) is 11.7 Å². The number of H-pyrrole nitrogens is 1. The molecule has 1 aliphatic heterocycles. The Morgan fingerprint density at radius 1 is 1.55 bits per heavy atom. The summed E-state index contributed by atoms with van der Waals surface area (Å²) >= 11 is 0. The third kappa shape index (κ3) is 5.95. The number of carboxylic acid groups (broad SMARTS) is 1. The molecule has 1 aromatic rings. The van der Waals surface area contributed by atoms with Gasteiger partial charge in [-0.15, -0.1) is 0 Å². The van der Waals surface area contributed by atoms with E-state index in [1.165, 1.54) is 25.1 Å². The van der Waals surface area contributed by atoms with Gasteiger partial charge in [0.25, 0.3) is 12.4 Å². The summed E-state index contributed by atoms with van der Waals surface area (Å²) in [7, 11) is 0. The van der Waals surface area contributed by atoms with Crippen LogP contribution in [0.3, 0.4) is 0 Å². The maximum absolute atomic E-state index is 11.7. The van der Waals surface area contributed by atoms with E-state index in [9.17, 15) is 9.90 Å². The fourth-order valence-corrected chi connectivity index (χ4v) is 2.22. The number of aliphatic hydroxyl groups is 1. The van der Waals surface area contributed by atoms with Crippen LogP contribution in [0.5, 0.6) is 0 Å². The van der Waals surface area contributed by atoms with Gasteiger partial charge in [0.15, 0.2) is 0 Å². The van der Waals surface area contributed by atoms with Crippen LogP contribution in [-0.2, 0) is 4.79 Å². The lowest BCUT2D eigenvalue weighted by atomic mass is 10.3. The fourth-order valence-electron chi connectivity index (χ4n) is 2.22. The molecule has 0 radical (unpaired) electrons. The Kier molecular flexibility index (Phi) is 7.67. The summed E-state index contributed by atoms with van der Waals surface area (Å²) in [5.41, 5.74) is 0.757. The van der Waals surface area contributed by atoms with E-state index in [4.69, 9.17) is 15.2 Å². The molecule has 120 valence electrons. The molecule has 1 fully saturated rings. The van der Waals surface area contributed by atoms with Gasteiger partial charge in [-0.1, -0.05) is 0 Å². The predicted octanol–water partition coefficient (Wildman–Crippen LogP) is -0.226. The van der Waals surface area contributed by atoms with Gasteiger partial charge in [0.2, 0.25) is 0 Å². The number of hydrogen-bond acceptors (Lipinski definition) is 5. The molecule has 8 nitrogen and oxygen atoms in total. The lowest BCUT2D eigenvalue weighted by Crippen LogP contribution is -2.39. The monoisotopic (exact) mass is 308 g/mol. The number of aliphatic hydroxyl groups excluding tert-OH is 1. The Labute approximate surface area is 128 Å². The van der Waals surface area contributed by atoms with Crippen LogP contribution in [0.25, 0.3) is 0 Å². The number of nitriles is 1. The SMILES string of the molecule is N#Cc1c[nH]c(C(=O)NCC(O)CN2CCCC2)c1.O=CO. The van der Waals surface area contributed by atoms with Crippen LogP contribution < -0.4 is 5.32 Å². The number of β-amino-alcohol motifs (C(OH)–C–C–N with tert-alkyl or cyclic N) is 1. The second-order valence-corrected chi connectivity index (χ2v) is 4.89. The second kappa shape index (κ2) is 9.55. The maximum atomic E-state index is 11.7. The molecule has 22 heavy (non-hydrogen) atoms. The number of aromatic nitrogens is 1. The highest BCUT2D eigenvalue weighted by Gasteiger charge is 2.16. The third-order valence-electron chi connectivity index (χ3n) is 3.22.